The molecule has 10 rings (SSSR count). The van der Waals surface area contributed by atoms with Crippen LogP contribution >= 0.6 is 0 Å². The van der Waals surface area contributed by atoms with E-state index in [1.165, 1.54) is 0 Å². The molecule has 8 aromatic rings. The first-order chi connectivity index (χ1) is 29.1. The maximum absolute atomic E-state index is 13.0. The second kappa shape index (κ2) is 15.0. The number of aromatic nitrogens is 4. The number of rotatable bonds is 6. The molecule has 0 unspecified atom stereocenters. The predicted molar refractivity (Wildman–Crippen MR) is 237 cm³/mol. The highest BCUT2D eigenvalue weighted by molar-refractivity contribution is 6.00. The summed E-state index contributed by atoms with van der Waals surface area (Å²) >= 11 is 0. The highest BCUT2D eigenvalue weighted by Gasteiger charge is 2.19. The molecule has 7 heteroatoms. The normalized spacial score (nSPS) is 11.6. The number of fused-ring (bicyclic) bond motifs is 8. The molecule has 0 saturated heterocycles. The van der Waals surface area contributed by atoms with Gasteiger partial charge in [0.1, 0.15) is 5.75 Å². The summed E-state index contributed by atoms with van der Waals surface area (Å²) in [5.74, 6) is -0.110. The van der Waals surface area contributed by atoms with Gasteiger partial charge in [-0.2, -0.15) is 5.26 Å². The van der Waals surface area contributed by atoms with E-state index in [0.717, 1.165) is 89.4 Å². The first kappa shape index (κ1) is 35.1. The van der Waals surface area contributed by atoms with Crippen LogP contribution in [0.2, 0.25) is 0 Å². The summed E-state index contributed by atoms with van der Waals surface area (Å²) in [7, 11) is 0. The minimum Gasteiger partial charge on any atom is -0.423 e. The molecule has 278 valence electrons. The average Bonchev–Trinajstić information content (AvgIpc) is 4.14. The highest BCUT2D eigenvalue weighted by atomic mass is 16.5. The number of ether oxygens (including phenoxy) is 1. The van der Waals surface area contributed by atoms with Crippen LogP contribution in [0, 0.1) is 11.3 Å². The van der Waals surface area contributed by atoms with Crippen LogP contribution in [0.4, 0.5) is 0 Å². The van der Waals surface area contributed by atoms with Crippen molar-refractivity contribution < 1.29 is 9.53 Å². The number of carbonyl (C=O) groups is 1. The number of aromatic amines is 2. The Balaban J connectivity index is 1.24. The number of hydrogen-bond acceptors (Lipinski definition) is 5. The van der Waals surface area contributed by atoms with E-state index in [-0.39, 0.29) is 0 Å². The zero-order chi connectivity index (χ0) is 39.7. The van der Waals surface area contributed by atoms with Crippen molar-refractivity contribution in [3.05, 3.63) is 198 Å². The molecule has 0 atom stereocenters. The Morgan fingerprint density at radius 1 is 0.441 bits per heavy atom. The zero-order valence-corrected chi connectivity index (χ0v) is 31.6. The van der Waals surface area contributed by atoms with E-state index in [1.54, 1.807) is 36.4 Å². The van der Waals surface area contributed by atoms with Gasteiger partial charge in [-0.05, 0) is 107 Å². The topological polar surface area (TPSA) is 107 Å². The third-order valence-electron chi connectivity index (χ3n) is 10.5. The van der Waals surface area contributed by atoms with Crippen molar-refractivity contribution in [3.8, 4) is 56.3 Å². The third kappa shape index (κ3) is 6.71. The minimum absolute atomic E-state index is 0.359. The lowest BCUT2D eigenvalue weighted by atomic mass is 10.0. The van der Waals surface area contributed by atoms with Gasteiger partial charge in [0.2, 0.25) is 0 Å². The van der Waals surface area contributed by atoms with E-state index in [1.807, 2.05) is 54.6 Å². The largest absolute Gasteiger partial charge is 0.423 e. The first-order valence-corrected chi connectivity index (χ1v) is 19.2. The van der Waals surface area contributed by atoms with E-state index in [0.29, 0.717) is 16.9 Å². The summed E-state index contributed by atoms with van der Waals surface area (Å²) in [6.45, 7) is 0. The zero-order valence-electron chi connectivity index (χ0n) is 31.6. The number of nitrogens with zero attached hydrogens (tertiary/aromatic N) is 3. The molecule has 0 radical (unpaired) electrons. The second-order valence-electron chi connectivity index (χ2n) is 14.2. The van der Waals surface area contributed by atoms with Gasteiger partial charge in [0.05, 0.1) is 40.0 Å². The standard InChI is InChI=1S/C52H33N5O2/c53-32-33-16-18-38(19-17-33)52(58)59-39-22-20-37(21-23-39)51-46-30-28-44(56-46)49(35-12-6-2-7-13-35)42-26-24-40(54-42)48(34-10-4-1-5-11-34)41-25-27-43(55-41)50(36-14-8-3-9-15-36)45-29-31-47(51)57-45/h1-31,54,57H. The number of nitrogens with one attached hydrogen (secondary N) is 2. The van der Waals surface area contributed by atoms with Crippen molar-refractivity contribution in [2.75, 3.05) is 0 Å². The molecule has 2 N–H and O–H groups in total. The Kier molecular flexibility index (Phi) is 8.90. The van der Waals surface area contributed by atoms with Gasteiger partial charge in [0.15, 0.2) is 0 Å². The second-order valence-corrected chi connectivity index (χ2v) is 14.2. The SMILES string of the molecule is N#Cc1ccc(C(=O)Oc2ccc(-c3c4nc(c(-c5ccccc5)c5ccc([nH]5)c(-c5ccccc5)c5nc(c(-c6ccccc6)c6ccc3[nH]6)C=C5)C=C4)cc2)cc1. The van der Waals surface area contributed by atoms with Crippen LogP contribution in [0.1, 0.15) is 38.7 Å². The van der Waals surface area contributed by atoms with Crippen LogP contribution in [0.5, 0.6) is 5.75 Å². The minimum atomic E-state index is -0.505. The maximum atomic E-state index is 13.0. The Morgan fingerprint density at radius 2 is 0.797 bits per heavy atom. The molecule has 0 amide bonds. The van der Waals surface area contributed by atoms with Gasteiger partial charge in [-0.15, -0.1) is 0 Å². The highest BCUT2D eigenvalue weighted by Crippen LogP contribution is 2.38. The summed E-state index contributed by atoms with van der Waals surface area (Å²) in [4.78, 5) is 31.3. The Morgan fingerprint density at radius 3 is 1.15 bits per heavy atom. The lowest BCUT2D eigenvalue weighted by Crippen LogP contribution is -2.08. The fourth-order valence-corrected chi connectivity index (χ4v) is 7.77. The van der Waals surface area contributed by atoms with E-state index in [4.69, 9.17) is 20.0 Å². The van der Waals surface area contributed by atoms with Crippen LogP contribution in [-0.4, -0.2) is 25.9 Å². The molecule has 7 nitrogen and oxygen atoms in total. The van der Waals surface area contributed by atoms with Crippen molar-refractivity contribution in [1.82, 2.24) is 19.9 Å². The van der Waals surface area contributed by atoms with Gasteiger partial charge < -0.3 is 14.7 Å². The van der Waals surface area contributed by atoms with Gasteiger partial charge in [-0.1, -0.05) is 103 Å². The lowest BCUT2D eigenvalue weighted by Gasteiger charge is -2.08. The van der Waals surface area contributed by atoms with Gasteiger partial charge in [0, 0.05) is 44.3 Å². The molecule has 0 fully saturated rings. The maximum Gasteiger partial charge on any atom is 0.343 e. The molecule has 0 saturated carbocycles. The first-order valence-electron chi connectivity index (χ1n) is 19.2. The Labute approximate surface area is 339 Å². The summed E-state index contributed by atoms with van der Waals surface area (Å²) in [5.41, 5.74) is 15.6. The fraction of sp³-hybridized carbons (Fsp3) is 0. The molecule has 5 heterocycles. The van der Waals surface area contributed by atoms with Gasteiger partial charge in [0.25, 0.3) is 0 Å². The van der Waals surface area contributed by atoms with Crippen molar-refractivity contribution in [3.63, 3.8) is 0 Å². The van der Waals surface area contributed by atoms with Crippen molar-refractivity contribution in [2.24, 2.45) is 0 Å². The van der Waals surface area contributed by atoms with E-state index < -0.39 is 5.97 Å². The van der Waals surface area contributed by atoms with Crippen LogP contribution in [0.15, 0.2) is 164 Å². The summed E-state index contributed by atoms with van der Waals surface area (Å²) in [6, 6.07) is 55.4. The summed E-state index contributed by atoms with van der Waals surface area (Å²) < 4.78 is 5.75. The Bertz CT molecular complexity index is 3140. The molecular weight excluding hydrogens is 727 g/mol. The molecular formula is C52H33N5O2. The molecule has 2 aliphatic heterocycles. The monoisotopic (exact) mass is 759 g/mol. The number of carbonyl (C=O) groups excluding carboxylic acids is 1. The fourth-order valence-electron chi connectivity index (χ4n) is 7.77. The number of esters is 1. The van der Waals surface area contributed by atoms with Crippen LogP contribution < -0.4 is 4.74 Å². The molecule has 59 heavy (non-hydrogen) atoms. The molecule has 0 spiro atoms. The molecule has 2 aliphatic rings. The quantitative estimate of drug-likeness (QED) is 0.130. The third-order valence-corrected chi connectivity index (χ3v) is 10.5. The smallest absolute Gasteiger partial charge is 0.343 e. The summed E-state index contributed by atoms with van der Waals surface area (Å²) in [5, 5.41) is 9.16. The number of benzene rings is 5. The molecule has 3 aromatic heterocycles. The van der Waals surface area contributed by atoms with E-state index in [2.05, 4.69) is 113 Å². The summed E-state index contributed by atoms with van der Waals surface area (Å²) in [6.07, 6.45) is 8.32. The van der Waals surface area contributed by atoms with Gasteiger partial charge in [-0.3, -0.25) is 0 Å². The van der Waals surface area contributed by atoms with Gasteiger partial charge in [-0.25, -0.2) is 14.8 Å². The number of H-pyrrole nitrogens is 2. The predicted octanol–water partition coefficient (Wildman–Crippen LogP) is 12.4. The van der Waals surface area contributed by atoms with Crippen molar-refractivity contribution in [1.29, 1.82) is 5.26 Å². The van der Waals surface area contributed by atoms with Crippen LogP contribution in [-0.2, 0) is 0 Å². The number of hydrogen-bond donors (Lipinski definition) is 2. The molecule has 8 bridgehead atoms. The van der Waals surface area contributed by atoms with Gasteiger partial charge >= 0.3 is 5.97 Å². The molecule has 5 aromatic carbocycles. The Hall–Kier alpha value is -8.34. The lowest BCUT2D eigenvalue weighted by molar-refractivity contribution is 0.0734. The van der Waals surface area contributed by atoms with E-state index in [9.17, 15) is 4.79 Å². The van der Waals surface area contributed by atoms with Crippen LogP contribution in [0.25, 0.3) is 90.9 Å². The van der Waals surface area contributed by atoms with E-state index >= 15 is 0 Å². The van der Waals surface area contributed by atoms with Crippen molar-refractivity contribution in [2.45, 2.75) is 0 Å². The molecule has 0 aliphatic carbocycles. The van der Waals surface area contributed by atoms with Crippen LogP contribution in [0.3, 0.4) is 0 Å². The van der Waals surface area contributed by atoms with Crippen molar-refractivity contribution >= 4 is 52.3 Å². The number of nitriles is 1. The average molecular weight is 760 g/mol.